The number of aliphatic imine (C=N–C) groups is 1. The lowest BCUT2D eigenvalue weighted by Crippen LogP contribution is -2.36. The van der Waals surface area contributed by atoms with E-state index in [9.17, 15) is 4.57 Å². The van der Waals surface area contributed by atoms with E-state index < -0.39 is 7.75 Å². The van der Waals surface area contributed by atoms with Crippen LogP contribution in [0.15, 0.2) is 10.5 Å². The number of nitrogens with two attached hydrogens (primary N) is 1. The largest absolute Gasteiger partial charge is 0.432 e. The summed E-state index contributed by atoms with van der Waals surface area (Å²) in [5.41, 5.74) is 7.07. The number of hydrogen-bond acceptors (Lipinski definition) is 6. The van der Waals surface area contributed by atoms with Gasteiger partial charge in [0.2, 0.25) is 0 Å². The molecule has 0 atom stereocenters. The van der Waals surface area contributed by atoms with Gasteiger partial charge in [0.05, 0.1) is 0 Å². The SMILES string of the molecule is CN=C(N)N(CCSCc1nncs1)P(=O)(O)O. The summed E-state index contributed by atoms with van der Waals surface area (Å²) < 4.78 is 12.0. The van der Waals surface area contributed by atoms with Gasteiger partial charge in [0, 0.05) is 25.1 Å². The molecule has 1 aromatic heterocycles. The highest BCUT2D eigenvalue weighted by Gasteiger charge is 2.26. The van der Waals surface area contributed by atoms with Crippen LogP contribution in [0.2, 0.25) is 0 Å². The molecule has 0 aliphatic carbocycles. The number of thioether (sulfide) groups is 1. The minimum atomic E-state index is -4.41. The van der Waals surface area contributed by atoms with Crippen LogP contribution in [0, 0.1) is 0 Å². The van der Waals surface area contributed by atoms with E-state index in [2.05, 4.69) is 15.2 Å². The Morgan fingerprint density at radius 3 is 2.94 bits per heavy atom. The summed E-state index contributed by atoms with van der Waals surface area (Å²) in [6.07, 6.45) is 0. The number of guanidine groups is 1. The fourth-order valence-electron chi connectivity index (χ4n) is 1.06. The number of nitrogens with zero attached hydrogens (tertiary/aromatic N) is 4. The summed E-state index contributed by atoms with van der Waals surface area (Å²) in [5.74, 6) is 0.990. The molecular formula is C7H14N5O3PS2. The van der Waals surface area contributed by atoms with Crippen molar-refractivity contribution in [1.29, 1.82) is 0 Å². The van der Waals surface area contributed by atoms with Crippen LogP contribution in [-0.2, 0) is 10.3 Å². The van der Waals surface area contributed by atoms with E-state index in [1.54, 1.807) is 5.51 Å². The Hall–Kier alpha value is -0.670. The third kappa shape index (κ3) is 4.91. The lowest BCUT2D eigenvalue weighted by molar-refractivity contribution is 0.319. The summed E-state index contributed by atoms with van der Waals surface area (Å²) in [6.45, 7) is 0.122. The Bertz CT molecular complexity index is 434. The first-order chi connectivity index (χ1) is 8.45. The molecule has 0 bridgehead atoms. The highest BCUT2D eigenvalue weighted by Crippen LogP contribution is 2.39. The van der Waals surface area contributed by atoms with Crippen molar-refractivity contribution in [3.8, 4) is 0 Å². The van der Waals surface area contributed by atoms with Gasteiger partial charge in [0.15, 0.2) is 5.96 Å². The molecule has 1 aromatic rings. The van der Waals surface area contributed by atoms with E-state index in [1.807, 2.05) is 0 Å². The lowest BCUT2D eigenvalue weighted by atomic mass is 10.7. The van der Waals surface area contributed by atoms with Crippen molar-refractivity contribution in [3.05, 3.63) is 10.5 Å². The van der Waals surface area contributed by atoms with E-state index in [4.69, 9.17) is 15.5 Å². The molecule has 0 saturated carbocycles. The fourth-order valence-corrected chi connectivity index (χ4v) is 3.44. The second-order valence-electron chi connectivity index (χ2n) is 3.10. The highest BCUT2D eigenvalue weighted by atomic mass is 32.2. The van der Waals surface area contributed by atoms with Gasteiger partial charge in [-0.2, -0.15) is 11.8 Å². The molecule has 0 aromatic carbocycles. The monoisotopic (exact) mass is 311 g/mol. The molecule has 0 aliphatic rings. The highest BCUT2D eigenvalue weighted by molar-refractivity contribution is 7.98. The zero-order valence-electron chi connectivity index (χ0n) is 9.63. The Morgan fingerprint density at radius 1 is 1.72 bits per heavy atom. The van der Waals surface area contributed by atoms with Gasteiger partial charge >= 0.3 is 7.75 Å². The first-order valence-corrected chi connectivity index (χ1v) is 8.43. The first kappa shape index (κ1) is 15.4. The van der Waals surface area contributed by atoms with E-state index in [-0.39, 0.29) is 12.5 Å². The minimum absolute atomic E-state index is 0.122. The number of hydrogen-bond donors (Lipinski definition) is 3. The Morgan fingerprint density at radius 2 is 2.44 bits per heavy atom. The molecule has 18 heavy (non-hydrogen) atoms. The maximum Gasteiger partial charge on any atom is 0.432 e. The first-order valence-electron chi connectivity index (χ1n) is 4.83. The molecule has 0 aliphatic heterocycles. The molecule has 1 rings (SSSR count). The number of aromatic nitrogens is 2. The van der Waals surface area contributed by atoms with Gasteiger partial charge in [0.25, 0.3) is 0 Å². The molecule has 0 unspecified atom stereocenters. The van der Waals surface area contributed by atoms with Crippen LogP contribution in [0.3, 0.4) is 0 Å². The zero-order valence-corrected chi connectivity index (χ0v) is 12.2. The Labute approximate surface area is 113 Å². The predicted molar refractivity (Wildman–Crippen MR) is 72.4 cm³/mol. The average Bonchev–Trinajstić information content (AvgIpc) is 2.79. The van der Waals surface area contributed by atoms with E-state index in [0.29, 0.717) is 11.5 Å². The molecular weight excluding hydrogens is 297 g/mol. The van der Waals surface area contributed by atoms with Crippen LogP contribution < -0.4 is 5.73 Å². The van der Waals surface area contributed by atoms with Crippen molar-refractivity contribution in [2.75, 3.05) is 19.3 Å². The second kappa shape index (κ2) is 7.05. The van der Waals surface area contributed by atoms with Crippen LogP contribution in [0.1, 0.15) is 5.01 Å². The molecule has 11 heteroatoms. The van der Waals surface area contributed by atoms with E-state index in [1.165, 1.54) is 30.1 Å². The smallest absolute Gasteiger partial charge is 0.369 e. The molecule has 0 saturated heterocycles. The van der Waals surface area contributed by atoms with Gasteiger partial charge in [-0.15, -0.1) is 21.5 Å². The second-order valence-corrected chi connectivity index (χ2v) is 6.64. The standard InChI is InChI=1S/C7H14N5O3PS2/c1-9-7(8)12(16(13,14)15)2-3-17-4-6-11-10-5-18-6/h5H,2-4H2,1H3,(H2,8,9)(H2,13,14,15). The lowest BCUT2D eigenvalue weighted by Gasteiger charge is -2.23. The molecule has 0 radical (unpaired) electrons. The van der Waals surface area contributed by atoms with Gasteiger partial charge in [-0.05, 0) is 0 Å². The molecule has 102 valence electrons. The van der Waals surface area contributed by atoms with Gasteiger partial charge in [-0.25, -0.2) is 9.24 Å². The molecule has 8 nitrogen and oxygen atoms in total. The Kier molecular flexibility index (Phi) is 6.03. The molecule has 0 amide bonds. The van der Waals surface area contributed by atoms with Crippen molar-refractivity contribution >= 4 is 36.8 Å². The van der Waals surface area contributed by atoms with Crippen LogP contribution >= 0.6 is 30.8 Å². The normalized spacial score (nSPS) is 12.7. The van der Waals surface area contributed by atoms with Crippen LogP contribution in [0.25, 0.3) is 0 Å². The van der Waals surface area contributed by atoms with Gasteiger partial charge in [-0.1, -0.05) is 0 Å². The third-order valence-corrected chi connectivity index (χ3v) is 4.75. The van der Waals surface area contributed by atoms with Crippen molar-refractivity contribution in [2.24, 2.45) is 10.7 Å². The van der Waals surface area contributed by atoms with Gasteiger partial charge in [0.1, 0.15) is 10.5 Å². The van der Waals surface area contributed by atoms with Crippen molar-refractivity contribution < 1.29 is 14.4 Å². The van der Waals surface area contributed by atoms with Crippen LogP contribution in [0.5, 0.6) is 0 Å². The molecule has 4 N–H and O–H groups in total. The molecule has 0 spiro atoms. The Balaban J connectivity index is 2.41. The summed E-state index contributed by atoms with van der Waals surface area (Å²) in [4.78, 5) is 21.8. The van der Waals surface area contributed by atoms with Crippen LogP contribution in [0.4, 0.5) is 0 Å². The predicted octanol–water partition coefficient (Wildman–Crippen LogP) is 0.111. The average molecular weight is 311 g/mol. The fraction of sp³-hybridized carbons (Fsp3) is 0.571. The summed E-state index contributed by atoms with van der Waals surface area (Å²) >= 11 is 2.94. The zero-order chi connectivity index (χ0) is 13.6. The summed E-state index contributed by atoms with van der Waals surface area (Å²) in [7, 11) is -3.03. The third-order valence-electron chi connectivity index (χ3n) is 1.89. The van der Waals surface area contributed by atoms with Crippen molar-refractivity contribution in [3.63, 3.8) is 0 Å². The minimum Gasteiger partial charge on any atom is -0.369 e. The van der Waals surface area contributed by atoms with Crippen LogP contribution in [-0.4, -0.2) is 50.0 Å². The quantitative estimate of drug-likeness (QED) is 0.292. The van der Waals surface area contributed by atoms with E-state index >= 15 is 0 Å². The molecule has 1 heterocycles. The summed E-state index contributed by atoms with van der Waals surface area (Å²) in [5, 5.41) is 8.44. The van der Waals surface area contributed by atoms with Crippen molar-refractivity contribution in [2.45, 2.75) is 5.75 Å². The van der Waals surface area contributed by atoms with Gasteiger partial charge in [-0.3, -0.25) is 4.99 Å². The molecule has 0 fully saturated rings. The number of rotatable bonds is 6. The maximum atomic E-state index is 11.2. The van der Waals surface area contributed by atoms with Crippen molar-refractivity contribution in [1.82, 2.24) is 14.9 Å². The maximum absolute atomic E-state index is 11.2. The van der Waals surface area contributed by atoms with E-state index in [0.717, 1.165) is 9.68 Å². The summed E-state index contributed by atoms with van der Waals surface area (Å²) in [6, 6.07) is 0. The van der Waals surface area contributed by atoms with Gasteiger partial charge < -0.3 is 15.5 Å². The topological polar surface area (TPSA) is 125 Å².